The zero-order chi connectivity index (χ0) is 14.8. The maximum atomic E-state index is 11.2. The number of aromatic carboxylic acids is 1. The van der Waals surface area contributed by atoms with E-state index < -0.39 is 5.97 Å². The molecule has 7 nitrogen and oxygen atoms in total. The molecule has 0 aliphatic rings. The first-order valence-electron chi connectivity index (χ1n) is 6.19. The molecule has 0 amide bonds. The number of hydrogen-bond acceptors (Lipinski definition) is 5. The van der Waals surface area contributed by atoms with E-state index in [1.807, 2.05) is 19.1 Å². The Morgan fingerprint density at radius 1 is 1.29 bits per heavy atom. The number of rotatable bonds is 3. The molecule has 0 aromatic carbocycles. The van der Waals surface area contributed by atoms with Crippen LogP contribution in [-0.2, 0) is 0 Å². The van der Waals surface area contributed by atoms with Gasteiger partial charge in [-0.1, -0.05) is 6.07 Å². The molecule has 3 aromatic rings. The van der Waals surface area contributed by atoms with Crippen molar-refractivity contribution in [3.63, 3.8) is 0 Å². The summed E-state index contributed by atoms with van der Waals surface area (Å²) in [6, 6.07) is 8.58. The lowest BCUT2D eigenvalue weighted by molar-refractivity contribution is 0.0690. The Morgan fingerprint density at radius 2 is 2.14 bits per heavy atom. The van der Waals surface area contributed by atoms with Crippen LogP contribution in [0.15, 0.2) is 42.7 Å². The second-order valence-corrected chi connectivity index (χ2v) is 4.43. The largest absolute Gasteiger partial charge is 0.476 e. The Labute approximate surface area is 119 Å². The molecule has 0 bridgehead atoms. The minimum atomic E-state index is -1.11. The summed E-state index contributed by atoms with van der Waals surface area (Å²) >= 11 is 0. The van der Waals surface area contributed by atoms with Crippen LogP contribution in [0.5, 0.6) is 0 Å². The molecule has 0 saturated carbocycles. The fraction of sp³-hybridized carbons (Fsp3) is 0.0714. The van der Waals surface area contributed by atoms with Gasteiger partial charge < -0.3 is 5.11 Å². The second-order valence-electron chi connectivity index (χ2n) is 4.43. The average molecular weight is 281 g/mol. The molecule has 1 N–H and O–H groups in total. The van der Waals surface area contributed by atoms with E-state index in [9.17, 15) is 4.79 Å². The standard InChI is InChI=1S/C14H11N5O2/c1-9-4-5-10(15-8-9)12-7-11(14(20)21)18-19(12)13-3-2-6-16-17-13/h2-8H,1H3,(H,20,21). The van der Waals surface area contributed by atoms with Crippen LogP contribution in [0.4, 0.5) is 0 Å². The molecule has 0 atom stereocenters. The quantitative estimate of drug-likeness (QED) is 0.785. The van der Waals surface area contributed by atoms with Gasteiger partial charge in [0.2, 0.25) is 0 Å². The molecule has 0 radical (unpaired) electrons. The zero-order valence-electron chi connectivity index (χ0n) is 11.1. The van der Waals surface area contributed by atoms with Gasteiger partial charge in [0.15, 0.2) is 11.5 Å². The molecule has 0 saturated heterocycles. The van der Waals surface area contributed by atoms with E-state index >= 15 is 0 Å². The summed E-state index contributed by atoms with van der Waals surface area (Å²) in [6.45, 7) is 1.93. The van der Waals surface area contributed by atoms with Crippen LogP contribution in [0.25, 0.3) is 17.2 Å². The monoisotopic (exact) mass is 281 g/mol. The molecular formula is C14H11N5O2. The minimum Gasteiger partial charge on any atom is -0.476 e. The summed E-state index contributed by atoms with van der Waals surface area (Å²) in [4.78, 5) is 15.5. The highest BCUT2D eigenvalue weighted by molar-refractivity contribution is 5.87. The third-order valence-corrected chi connectivity index (χ3v) is 2.88. The molecule has 0 aliphatic heterocycles. The van der Waals surface area contributed by atoms with Gasteiger partial charge in [0.25, 0.3) is 0 Å². The summed E-state index contributed by atoms with van der Waals surface area (Å²) in [6.07, 6.45) is 3.25. The molecular weight excluding hydrogens is 270 g/mol. The van der Waals surface area contributed by atoms with Crippen molar-refractivity contribution in [3.8, 4) is 17.2 Å². The van der Waals surface area contributed by atoms with Crippen LogP contribution in [0.1, 0.15) is 16.1 Å². The topological polar surface area (TPSA) is 93.8 Å². The number of hydrogen-bond donors (Lipinski definition) is 1. The summed E-state index contributed by atoms with van der Waals surface area (Å²) in [5, 5.41) is 20.9. The number of nitrogens with zero attached hydrogens (tertiary/aromatic N) is 5. The number of aromatic nitrogens is 5. The summed E-state index contributed by atoms with van der Waals surface area (Å²) in [5.41, 5.74) is 2.11. The van der Waals surface area contributed by atoms with Crippen molar-refractivity contribution in [2.45, 2.75) is 6.92 Å². The molecule has 21 heavy (non-hydrogen) atoms. The zero-order valence-corrected chi connectivity index (χ0v) is 11.1. The summed E-state index contributed by atoms with van der Waals surface area (Å²) in [5.74, 6) is -0.673. The first-order chi connectivity index (χ1) is 10.1. The number of carboxylic acid groups (broad SMARTS) is 1. The van der Waals surface area contributed by atoms with Crippen molar-refractivity contribution < 1.29 is 9.90 Å². The Hall–Kier alpha value is -3.09. The number of aryl methyl sites for hydroxylation is 1. The molecule has 7 heteroatoms. The van der Waals surface area contributed by atoms with Gasteiger partial charge in [-0.2, -0.15) is 10.2 Å². The number of carboxylic acids is 1. The molecule has 3 aromatic heterocycles. The van der Waals surface area contributed by atoms with Crippen molar-refractivity contribution in [1.29, 1.82) is 0 Å². The van der Waals surface area contributed by atoms with Crippen molar-refractivity contribution in [3.05, 3.63) is 54.0 Å². The number of pyridine rings is 1. The molecule has 3 rings (SSSR count). The Balaban J connectivity index is 2.19. The Bertz CT molecular complexity index is 781. The third kappa shape index (κ3) is 2.48. The lowest BCUT2D eigenvalue weighted by Gasteiger charge is -2.05. The van der Waals surface area contributed by atoms with Gasteiger partial charge in [-0.05, 0) is 30.7 Å². The summed E-state index contributed by atoms with van der Waals surface area (Å²) in [7, 11) is 0. The number of carbonyl (C=O) groups is 1. The maximum Gasteiger partial charge on any atom is 0.356 e. The smallest absolute Gasteiger partial charge is 0.356 e. The fourth-order valence-electron chi connectivity index (χ4n) is 1.87. The molecule has 0 aliphatic carbocycles. The van der Waals surface area contributed by atoms with E-state index in [2.05, 4.69) is 20.3 Å². The first kappa shape index (κ1) is 12.9. The third-order valence-electron chi connectivity index (χ3n) is 2.88. The van der Waals surface area contributed by atoms with E-state index in [4.69, 9.17) is 5.11 Å². The average Bonchev–Trinajstić information content (AvgIpc) is 2.94. The SMILES string of the molecule is Cc1ccc(-c2cc(C(=O)O)nn2-c2cccnn2)nc1. The normalized spacial score (nSPS) is 10.5. The van der Waals surface area contributed by atoms with E-state index in [1.165, 1.54) is 16.9 Å². The van der Waals surface area contributed by atoms with Crippen molar-refractivity contribution in [2.24, 2.45) is 0 Å². The van der Waals surface area contributed by atoms with E-state index in [0.29, 0.717) is 17.2 Å². The molecule has 0 spiro atoms. The Kier molecular flexibility index (Phi) is 3.15. The lowest BCUT2D eigenvalue weighted by Crippen LogP contribution is -2.05. The van der Waals surface area contributed by atoms with Crippen LogP contribution in [-0.4, -0.2) is 36.0 Å². The maximum absolute atomic E-state index is 11.2. The van der Waals surface area contributed by atoms with Gasteiger partial charge in [0.05, 0.1) is 11.4 Å². The van der Waals surface area contributed by atoms with E-state index in [-0.39, 0.29) is 5.69 Å². The predicted octanol–water partition coefficient (Wildman–Crippen LogP) is 1.73. The van der Waals surface area contributed by atoms with Crippen LogP contribution in [0.2, 0.25) is 0 Å². The van der Waals surface area contributed by atoms with Crippen LogP contribution < -0.4 is 0 Å². The van der Waals surface area contributed by atoms with Gasteiger partial charge in [0.1, 0.15) is 0 Å². The van der Waals surface area contributed by atoms with Gasteiger partial charge in [-0.25, -0.2) is 9.48 Å². The van der Waals surface area contributed by atoms with Crippen molar-refractivity contribution >= 4 is 5.97 Å². The van der Waals surface area contributed by atoms with Gasteiger partial charge in [0, 0.05) is 18.5 Å². The highest BCUT2D eigenvalue weighted by Gasteiger charge is 2.17. The highest BCUT2D eigenvalue weighted by atomic mass is 16.4. The molecule has 104 valence electrons. The van der Waals surface area contributed by atoms with Crippen LogP contribution in [0, 0.1) is 6.92 Å². The van der Waals surface area contributed by atoms with Crippen molar-refractivity contribution in [2.75, 3.05) is 0 Å². The lowest BCUT2D eigenvalue weighted by atomic mass is 10.2. The van der Waals surface area contributed by atoms with Crippen molar-refractivity contribution in [1.82, 2.24) is 25.0 Å². The fourth-order valence-corrected chi connectivity index (χ4v) is 1.87. The first-order valence-corrected chi connectivity index (χ1v) is 6.19. The summed E-state index contributed by atoms with van der Waals surface area (Å²) < 4.78 is 1.42. The molecule has 0 unspecified atom stereocenters. The van der Waals surface area contributed by atoms with Gasteiger partial charge in [-0.3, -0.25) is 4.98 Å². The highest BCUT2D eigenvalue weighted by Crippen LogP contribution is 2.21. The predicted molar refractivity (Wildman–Crippen MR) is 74.1 cm³/mol. The van der Waals surface area contributed by atoms with Crippen LogP contribution in [0.3, 0.4) is 0 Å². The van der Waals surface area contributed by atoms with E-state index in [1.54, 1.807) is 18.3 Å². The van der Waals surface area contributed by atoms with E-state index in [0.717, 1.165) is 5.56 Å². The minimum absolute atomic E-state index is 0.0713. The molecule has 0 fully saturated rings. The Morgan fingerprint density at radius 3 is 2.76 bits per heavy atom. The molecule has 3 heterocycles. The van der Waals surface area contributed by atoms with Gasteiger partial charge in [-0.15, -0.1) is 5.10 Å². The van der Waals surface area contributed by atoms with Gasteiger partial charge >= 0.3 is 5.97 Å². The second kappa shape index (κ2) is 5.12. The van der Waals surface area contributed by atoms with Crippen LogP contribution >= 0.6 is 0 Å².